The Morgan fingerprint density at radius 2 is 1.48 bits per heavy atom. The lowest BCUT2D eigenvalue weighted by atomic mass is 9.71. The van der Waals surface area contributed by atoms with Gasteiger partial charge in [-0.25, -0.2) is 5.43 Å². The van der Waals surface area contributed by atoms with E-state index in [9.17, 15) is 39.9 Å². The third kappa shape index (κ3) is 12.5. The Morgan fingerprint density at radius 1 is 0.906 bits per heavy atom. The van der Waals surface area contributed by atoms with E-state index in [0.29, 0.717) is 12.8 Å². The number of allylic oxidation sites excluding steroid dienone is 12. The molecule has 0 aromatic heterocycles. The Morgan fingerprint density at radius 3 is 2.05 bits per heavy atom. The topological polar surface area (TPSA) is 230 Å². The van der Waals surface area contributed by atoms with Gasteiger partial charge in [-0.3, -0.25) is 14.4 Å². The van der Waals surface area contributed by atoms with Gasteiger partial charge < -0.3 is 45.5 Å². The number of halogens is 1. The van der Waals surface area contributed by atoms with Crippen LogP contribution in [0.15, 0.2) is 96.2 Å². The van der Waals surface area contributed by atoms with Crippen molar-refractivity contribution in [1.82, 2.24) is 5.43 Å². The van der Waals surface area contributed by atoms with Gasteiger partial charge in [-0.1, -0.05) is 92.0 Å². The van der Waals surface area contributed by atoms with E-state index >= 15 is 0 Å². The van der Waals surface area contributed by atoms with Crippen LogP contribution in [-0.2, 0) is 20.7 Å². The molecule has 1 saturated heterocycles. The number of nitrogens with two attached hydrogens (primary N) is 1. The van der Waals surface area contributed by atoms with E-state index in [4.69, 9.17) is 19.9 Å². The zero-order valence-electron chi connectivity index (χ0n) is 36.7. The van der Waals surface area contributed by atoms with E-state index in [1.54, 1.807) is 6.92 Å². The number of hydrogen-bond donors (Lipinski definition) is 7. The lowest BCUT2D eigenvalue weighted by molar-refractivity contribution is -0.245. The molecule has 1 heterocycles. The van der Waals surface area contributed by atoms with E-state index in [2.05, 4.69) is 72.1 Å². The number of amides is 1. The molecule has 8 N–H and O–H groups in total. The molecular formula is C49H62ClN3O11. The number of aromatic hydroxyl groups is 2. The van der Waals surface area contributed by atoms with Crippen molar-refractivity contribution in [3.8, 4) is 17.2 Å². The number of nitrogens with one attached hydrogen (secondary N) is 1. The molecule has 1 fully saturated rings. The minimum atomic E-state index is -2.12. The average molecular weight is 904 g/mol. The first-order valence-electron chi connectivity index (χ1n) is 21.6. The number of hydrazone groups is 1. The number of carbonyl (C=O) groups excluding carboxylic acids is 3. The van der Waals surface area contributed by atoms with Crippen molar-refractivity contribution >= 4 is 35.6 Å². The van der Waals surface area contributed by atoms with Gasteiger partial charge in [0.2, 0.25) is 11.7 Å². The number of aliphatic hydroxyl groups excluding tert-OH is 2. The van der Waals surface area contributed by atoms with Crippen LogP contribution in [0.25, 0.3) is 0 Å². The van der Waals surface area contributed by atoms with Gasteiger partial charge in [0.15, 0.2) is 12.1 Å². The SMILES string of the molecule is CC/C=C/C/C=C/C/C=C/C/C=C/C/C=C/C/C=C/CCC(=O)N/N=C(\CO)[C@]1(O)Cc2c(O)c3c(c(O)c2[C@@H](OC2C[C@H](N)[C@H](O)[C@H](C)O2)C1)C(=O)c1c(OC)cccc1C3=O.Cl. The largest absolute Gasteiger partial charge is 0.507 e. The number of carbonyl (C=O) groups is 3. The predicted molar refractivity (Wildman–Crippen MR) is 247 cm³/mol. The summed E-state index contributed by atoms with van der Waals surface area (Å²) in [5.41, 5.74) is 4.83. The number of phenols is 2. The number of benzene rings is 2. The third-order valence-electron chi connectivity index (χ3n) is 11.3. The summed E-state index contributed by atoms with van der Waals surface area (Å²) in [5.74, 6) is -3.27. The maximum atomic E-state index is 14.0. The van der Waals surface area contributed by atoms with Crippen molar-refractivity contribution in [3.05, 3.63) is 124 Å². The highest BCUT2D eigenvalue weighted by Gasteiger charge is 2.49. The molecule has 0 spiro atoms. The highest BCUT2D eigenvalue weighted by molar-refractivity contribution is 6.31. The molecule has 15 heteroatoms. The molecule has 1 unspecified atom stereocenters. The van der Waals surface area contributed by atoms with Crippen LogP contribution in [0.3, 0.4) is 0 Å². The van der Waals surface area contributed by atoms with Crippen LogP contribution in [0.2, 0.25) is 0 Å². The summed E-state index contributed by atoms with van der Waals surface area (Å²) in [5, 5.41) is 60.9. The Labute approximate surface area is 381 Å². The van der Waals surface area contributed by atoms with Gasteiger partial charge in [-0.2, -0.15) is 5.10 Å². The molecule has 1 aliphatic heterocycles. The maximum absolute atomic E-state index is 14.0. The molecule has 64 heavy (non-hydrogen) atoms. The van der Waals surface area contributed by atoms with Gasteiger partial charge >= 0.3 is 0 Å². The summed E-state index contributed by atoms with van der Waals surface area (Å²) in [7, 11) is 1.33. The molecule has 346 valence electrons. The minimum absolute atomic E-state index is 0. The molecule has 2 aliphatic carbocycles. The summed E-state index contributed by atoms with van der Waals surface area (Å²) in [6.07, 6.45) is 25.9. The van der Waals surface area contributed by atoms with Crippen LogP contribution < -0.4 is 15.9 Å². The second-order valence-corrected chi connectivity index (χ2v) is 15.8. The number of methoxy groups -OCH3 is 1. The summed E-state index contributed by atoms with van der Waals surface area (Å²) in [4.78, 5) is 40.8. The fourth-order valence-corrected chi connectivity index (χ4v) is 7.94. The average Bonchev–Trinajstić information content (AvgIpc) is 3.26. The Bertz CT molecular complexity index is 2170. The second-order valence-electron chi connectivity index (χ2n) is 15.8. The normalized spacial score (nSPS) is 23.7. The van der Waals surface area contributed by atoms with Gasteiger partial charge in [0.05, 0.1) is 54.4 Å². The fourth-order valence-electron chi connectivity index (χ4n) is 7.94. The summed E-state index contributed by atoms with van der Waals surface area (Å²) >= 11 is 0. The number of aliphatic hydroxyl groups is 3. The van der Waals surface area contributed by atoms with E-state index in [0.717, 1.165) is 32.1 Å². The highest BCUT2D eigenvalue weighted by atomic mass is 35.5. The van der Waals surface area contributed by atoms with Crippen LogP contribution in [0.4, 0.5) is 0 Å². The first kappa shape index (κ1) is 51.4. The Hall–Kier alpha value is -5.19. The van der Waals surface area contributed by atoms with Crippen LogP contribution in [0.5, 0.6) is 17.2 Å². The van der Waals surface area contributed by atoms with Gasteiger partial charge in [-0.15, -0.1) is 12.4 Å². The zero-order valence-corrected chi connectivity index (χ0v) is 37.5. The standard InChI is InChI=1S/C49H61N3O11.ClH/c1-4-5-6-7-8-9-10-11-12-13-14-15-16-17-18-19-20-21-22-26-38(54)52-51-37(30-53)49(60)28-33-41(36(29-49)63-39-27-34(50)44(55)31(2)62-39)48(59)43-42(46(33)57)45(56)32-24-23-25-35(61-3)40(32)47(43)58;/h5-6,8-9,11-12,14-15,17-18,20-21,23-25,31,34,36,39,44,53,55,57,59-60H,4,7,10,13,16,19,22,26-30,50H2,1-3H3,(H,52,54);1H/b6-5+,9-8+,12-11+,15-14+,18-17+,21-20+,51-37+;/t31-,34-,36-,39?,44+,49-;/m0./s1. The van der Waals surface area contributed by atoms with Crippen molar-refractivity contribution < 1.29 is 54.1 Å². The number of phenolic OH excluding ortho intramolecular Hbond substituents is 2. The van der Waals surface area contributed by atoms with Crippen molar-refractivity contribution in [2.45, 2.75) is 121 Å². The predicted octanol–water partition coefficient (Wildman–Crippen LogP) is 6.80. The van der Waals surface area contributed by atoms with Crippen molar-refractivity contribution in [2.75, 3.05) is 13.7 Å². The van der Waals surface area contributed by atoms with Gasteiger partial charge in [0, 0.05) is 48.4 Å². The lowest BCUT2D eigenvalue weighted by Gasteiger charge is -2.43. The van der Waals surface area contributed by atoms with Crippen LogP contribution in [0, 0.1) is 0 Å². The minimum Gasteiger partial charge on any atom is -0.507 e. The van der Waals surface area contributed by atoms with Crippen molar-refractivity contribution in [3.63, 3.8) is 0 Å². The van der Waals surface area contributed by atoms with Crippen LogP contribution in [-0.4, -0.2) is 92.6 Å². The number of ether oxygens (including phenoxy) is 3. The highest BCUT2D eigenvalue weighted by Crippen LogP contribution is 2.52. The number of rotatable bonds is 20. The van der Waals surface area contributed by atoms with Gasteiger partial charge in [0.1, 0.15) is 22.8 Å². The third-order valence-corrected chi connectivity index (χ3v) is 11.3. The summed E-state index contributed by atoms with van der Waals surface area (Å²) < 4.78 is 17.5. The molecule has 0 saturated carbocycles. The Balaban J connectivity index is 0.00000898. The molecule has 2 aromatic carbocycles. The zero-order chi connectivity index (χ0) is 45.5. The number of hydrogen-bond acceptors (Lipinski definition) is 13. The molecule has 2 aromatic rings. The molecule has 1 amide bonds. The molecule has 0 radical (unpaired) electrons. The number of ketones is 2. The van der Waals surface area contributed by atoms with Crippen molar-refractivity contribution in [2.24, 2.45) is 10.8 Å². The molecule has 3 aliphatic rings. The molecule has 0 bridgehead atoms. The number of fused-ring (bicyclic) bond motifs is 3. The van der Waals surface area contributed by atoms with Gasteiger partial charge in [-0.05, 0) is 57.9 Å². The molecular weight excluding hydrogens is 842 g/mol. The van der Waals surface area contributed by atoms with Gasteiger partial charge in [0.25, 0.3) is 0 Å². The summed E-state index contributed by atoms with van der Waals surface area (Å²) in [6, 6.07) is 3.66. The quantitative estimate of drug-likeness (QED) is 0.0269. The first-order chi connectivity index (χ1) is 30.4. The van der Waals surface area contributed by atoms with E-state index < -0.39 is 95.8 Å². The van der Waals surface area contributed by atoms with E-state index in [1.807, 2.05) is 18.2 Å². The molecule has 5 rings (SSSR count). The monoisotopic (exact) mass is 903 g/mol. The smallest absolute Gasteiger partial charge is 0.240 e. The van der Waals surface area contributed by atoms with E-state index in [1.165, 1.54) is 25.3 Å². The molecule has 14 nitrogen and oxygen atoms in total. The fraction of sp³-hybridized carbons (Fsp3) is 0.429. The van der Waals surface area contributed by atoms with Crippen molar-refractivity contribution in [1.29, 1.82) is 0 Å². The second kappa shape index (κ2) is 24.8. The lowest BCUT2D eigenvalue weighted by Crippen LogP contribution is -2.53. The summed E-state index contributed by atoms with van der Waals surface area (Å²) in [6.45, 7) is 2.89. The molecule has 6 atom stereocenters. The first-order valence-corrected chi connectivity index (χ1v) is 21.6. The maximum Gasteiger partial charge on any atom is 0.240 e. The van der Waals surface area contributed by atoms with E-state index in [-0.39, 0.29) is 59.0 Å². The van der Waals surface area contributed by atoms with Crippen LogP contribution in [0.1, 0.15) is 127 Å². The van der Waals surface area contributed by atoms with Crippen LogP contribution >= 0.6 is 12.4 Å². The Kier molecular flexibility index (Phi) is 19.9. The number of nitrogens with zero attached hydrogens (tertiary/aromatic N) is 1.